The Morgan fingerprint density at radius 1 is 1.09 bits per heavy atom. The second kappa shape index (κ2) is 8.04. The smallest absolute Gasteiger partial charge is 0.322 e. The van der Waals surface area contributed by atoms with E-state index < -0.39 is 0 Å². The number of methoxy groups -OCH3 is 1. The molecule has 0 saturated heterocycles. The number of anilines is 1. The summed E-state index contributed by atoms with van der Waals surface area (Å²) in [6, 6.07) is 19.5. The van der Waals surface area contributed by atoms with Crippen molar-refractivity contribution in [1.82, 2.24) is 9.88 Å². The molecule has 4 aromatic rings. The van der Waals surface area contributed by atoms with Crippen LogP contribution in [-0.2, 0) is 6.42 Å². The Morgan fingerprint density at radius 2 is 1.84 bits per heavy atom. The molecule has 1 atom stereocenters. The topological polar surface area (TPSA) is 57.4 Å². The predicted octanol–water partition coefficient (Wildman–Crippen LogP) is 5.80. The van der Waals surface area contributed by atoms with Gasteiger partial charge < -0.3 is 19.9 Å². The van der Waals surface area contributed by atoms with Crippen LogP contribution in [0.2, 0.25) is 0 Å². The van der Waals surface area contributed by atoms with Gasteiger partial charge in [-0.05, 0) is 66.9 Å². The van der Waals surface area contributed by atoms with E-state index in [-0.39, 0.29) is 17.9 Å². The average Bonchev–Trinajstić information content (AvgIpc) is 3.18. The van der Waals surface area contributed by atoms with Crippen LogP contribution in [0.15, 0.2) is 66.7 Å². The summed E-state index contributed by atoms with van der Waals surface area (Å²) in [7, 11) is 1.65. The number of aromatic nitrogens is 1. The molecule has 3 aromatic carbocycles. The van der Waals surface area contributed by atoms with Crippen molar-refractivity contribution >= 4 is 22.6 Å². The van der Waals surface area contributed by atoms with Crippen LogP contribution in [0.1, 0.15) is 28.4 Å². The molecular weight excluding hydrogens is 405 g/mol. The number of carbonyl (C=O) groups excluding carboxylic acids is 1. The van der Waals surface area contributed by atoms with E-state index in [2.05, 4.69) is 10.3 Å². The molecule has 5 rings (SSSR count). The Morgan fingerprint density at radius 3 is 2.56 bits per heavy atom. The van der Waals surface area contributed by atoms with E-state index in [1.807, 2.05) is 54.3 Å². The van der Waals surface area contributed by atoms with Crippen LogP contribution in [0.4, 0.5) is 14.9 Å². The molecule has 1 aliphatic rings. The quantitative estimate of drug-likeness (QED) is 0.432. The van der Waals surface area contributed by atoms with Crippen molar-refractivity contribution in [2.24, 2.45) is 0 Å². The van der Waals surface area contributed by atoms with Crippen LogP contribution < -0.4 is 10.1 Å². The summed E-state index contributed by atoms with van der Waals surface area (Å²) >= 11 is 0. The number of hydrogen-bond donors (Lipinski definition) is 2. The fourth-order valence-corrected chi connectivity index (χ4v) is 4.44. The molecule has 1 aromatic heterocycles. The summed E-state index contributed by atoms with van der Waals surface area (Å²) < 4.78 is 19.1. The minimum absolute atomic E-state index is 0.190. The van der Waals surface area contributed by atoms with Crippen LogP contribution in [-0.4, -0.2) is 29.6 Å². The zero-order valence-electron chi connectivity index (χ0n) is 18.0. The van der Waals surface area contributed by atoms with Crippen LogP contribution in [0, 0.1) is 12.7 Å². The zero-order valence-corrected chi connectivity index (χ0v) is 18.0. The third-order valence-corrected chi connectivity index (χ3v) is 6.08. The second-order valence-electron chi connectivity index (χ2n) is 8.12. The molecule has 0 spiro atoms. The van der Waals surface area contributed by atoms with Gasteiger partial charge >= 0.3 is 6.03 Å². The maximum absolute atomic E-state index is 13.7. The summed E-state index contributed by atoms with van der Waals surface area (Å²) in [4.78, 5) is 18.7. The third-order valence-electron chi connectivity index (χ3n) is 6.08. The minimum atomic E-state index is -0.358. The molecule has 2 heterocycles. The Bertz CT molecular complexity index is 1280. The lowest BCUT2D eigenvalue weighted by atomic mass is 9.92. The van der Waals surface area contributed by atoms with Gasteiger partial charge in [-0.2, -0.15) is 0 Å². The molecule has 2 amide bonds. The van der Waals surface area contributed by atoms with Gasteiger partial charge in [-0.25, -0.2) is 9.18 Å². The third kappa shape index (κ3) is 3.58. The molecule has 32 heavy (non-hydrogen) atoms. The number of urea groups is 1. The largest absolute Gasteiger partial charge is 0.497 e. The first-order valence-electron chi connectivity index (χ1n) is 10.6. The highest BCUT2D eigenvalue weighted by atomic mass is 19.1. The number of carbonyl (C=O) groups is 1. The SMILES string of the molecule is COc1ccc2[nH]c3c(c2c1)CCN(C(=O)Nc1ccc(C)cc1)[C@@H]3c1ccc(F)cc1. The molecule has 0 unspecified atom stereocenters. The Hall–Kier alpha value is -3.80. The Labute approximate surface area is 185 Å². The molecular formula is C26H24FN3O2. The number of nitrogens with zero attached hydrogens (tertiary/aromatic N) is 1. The highest BCUT2D eigenvalue weighted by Gasteiger charge is 2.34. The molecule has 0 fully saturated rings. The number of H-pyrrole nitrogens is 1. The second-order valence-corrected chi connectivity index (χ2v) is 8.12. The maximum atomic E-state index is 13.7. The summed E-state index contributed by atoms with van der Waals surface area (Å²) in [6.45, 7) is 2.55. The van der Waals surface area contributed by atoms with Crippen molar-refractivity contribution < 1.29 is 13.9 Å². The molecule has 2 N–H and O–H groups in total. The summed E-state index contributed by atoms with van der Waals surface area (Å²) in [5.74, 6) is 0.485. The standard InChI is InChI=1S/C26H24FN3O2/c1-16-3-9-19(10-4-16)28-26(31)30-14-13-21-22-15-20(32-2)11-12-23(22)29-24(21)25(30)17-5-7-18(27)8-6-17/h3-12,15,25,29H,13-14H2,1-2H3,(H,28,31)/t25-/m1/s1. The minimum Gasteiger partial charge on any atom is -0.497 e. The highest BCUT2D eigenvalue weighted by Crippen LogP contribution is 2.39. The van der Waals surface area contributed by atoms with Crippen LogP contribution >= 0.6 is 0 Å². The first-order valence-corrected chi connectivity index (χ1v) is 10.6. The van der Waals surface area contributed by atoms with Crippen LogP contribution in [0.25, 0.3) is 10.9 Å². The predicted molar refractivity (Wildman–Crippen MR) is 124 cm³/mol. The lowest BCUT2D eigenvalue weighted by Crippen LogP contribution is -2.43. The lowest BCUT2D eigenvalue weighted by molar-refractivity contribution is 0.193. The number of halogens is 1. The molecule has 0 saturated carbocycles. The van der Waals surface area contributed by atoms with Crippen molar-refractivity contribution in [3.63, 3.8) is 0 Å². The number of aryl methyl sites for hydroxylation is 1. The average molecular weight is 429 g/mol. The normalized spacial score (nSPS) is 15.5. The van der Waals surface area contributed by atoms with Crippen molar-refractivity contribution in [2.45, 2.75) is 19.4 Å². The van der Waals surface area contributed by atoms with E-state index in [0.717, 1.165) is 44.7 Å². The van der Waals surface area contributed by atoms with Gasteiger partial charge in [-0.3, -0.25) is 0 Å². The number of fused-ring (bicyclic) bond motifs is 3. The zero-order chi connectivity index (χ0) is 22.2. The molecule has 0 radical (unpaired) electrons. The number of hydrogen-bond acceptors (Lipinski definition) is 2. The molecule has 0 aliphatic carbocycles. The number of benzene rings is 3. The van der Waals surface area contributed by atoms with E-state index in [1.165, 1.54) is 12.1 Å². The van der Waals surface area contributed by atoms with E-state index in [0.29, 0.717) is 13.0 Å². The van der Waals surface area contributed by atoms with Gasteiger partial charge in [0.15, 0.2) is 0 Å². The molecule has 162 valence electrons. The number of amides is 2. The van der Waals surface area contributed by atoms with Gasteiger partial charge in [0.1, 0.15) is 11.6 Å². The highest BCUT2D eigenvalue weighted by molar-refractivity contribution is 5.92. The summed E-state index contributed by atoms with van der Waals surface area (Å²) in [6.07, 6.45) is 0.710. The van der Waals surface area contributed by atoms with Crippen molar-refractivity contribution in [2.75, 3.05) is 19.0 Å². The lowest BCUT2D eigenvalue weighted by Gasteiger charge is -2.36. The van der Waals surface area contributed by atoms with Gasteiger partial charge in [-0.15, -0.1) is 0 Å². The van der Waals surface area contributed by atoms with E-state index in [9.17, 15) is 9.18 Å². The van der Waals surface area contributed by atoms with E-state index in [4.69, 9.17) is 4.74 Å². The molecule has 6 heteroatoms. The summed E-state index contributed by atoms with van der Waals surface area (Å²) in [5, 5.41) is 4.10. The van der Waals surface area contributed by atoms with Gasteiger partial charge in [0.05, 0.1) is 13.2 Å². The van der Waals surface area contributed by atoms with Gasteiger partial charge in [0.2, 0.25) is 0 Å². The number of aromatic amines is 1. The number of rotatable bonds is 3. The van der Waals surface area contributed by atoms with Crippen molar-refractivity contribution in [3.05, 3.63) is 94.9 Å². The summed E-state index contributed by atoms with van der Waals surface area (Å²) in [5.41, 5.74) is 5.82. The first-order chi connectivity index (χ1) is 15.5. The molecule has 5 nitrogen and oxygen atoms in total. The van der Waals surface area contributed by atoms with Crippen molar-refractivity contribution in [1.29, 1.82) is 0 Å². The molecule has 1 aliphatic heterocycles. The Balaban J connectivity index is 1.57. The fraction of sp³-hybridized carbons (Fsp3) is 0.192. The van der Waals surface area contributed by atoms with E-state index >= 15 is 0 Å². The fourth-order valence-electron chi connectivity index (χ4n) is 4.44. The van der Waals surface area contributed by atoms with E-state index in [1.54, 1.807) is 19.2 Å². The monoisotopic (exact) mass is 429 g/mol. The van der Waals surface area contributed by atoms with Gasteiger partial charge in [0, 0.05) is 28.8 Å². The maximum Gasteiger partial charge on any atom is 0.322 e. The van der Waals surface area contributed by atoms with Crippen LogP contribution in [0.5, 0.6) is 5.75 Å². The van der Waals surface area contributed by atoms with Gasteiger partial charge in [0.25, 0.3) is 0 Å². The number of nitrogens with one attached hydrogen (secondary N) is 2. The van der Waals surface area contributed by atoms with Crippen molar-refractivity contribution in [3.8, 4) is 5.75 Å². The first kappa shape index (κ1) is 20.1. The van der Waals surface area contributed by atoms with Gasteiger partial charge in [-0.1, -0.05) is 29.8 Å². The Kier molecular flexibility index (Phi) is 5.05. The number of ether oxygens (including phenoxy) is 1. The van der Waals surface area contributed by atoms with Crippen LogP contribution in [0.3, 0.4) is 0 Å². The molecule has 0 bridgehead atoms.